The molecule has 1 aromatic carbocycles. The minimum absolute atomic E-state index is 0.173. The Balaban J connectivity index is 1.63. The Hall–Kier alpha value is -1.85. The molecule has 1 aliphatic rings. The molecule has 1 aromatic heterocycles. The lowest BCUT2D eigenvalue weighted by Crippen LogP contribution is -2.35. The second-order valence-electron chi connectivity index (χ2n) is 6.46. The van der Waals surface area contributed by atoms with Crippen LogP contribution < -0.4 is 4.90 Å². The van der Waals surface area contributed by atoms with E-state index in [4.69, 9.17) is 0 Å². The maximum Gasteiger partial charge on any atom is 0.254 e. The molecule has 4 nitrogen and oxygen atoms in total. The van der Waals surface area contributed by atoms with E-state index in [1.54, 1.807) is 11.3 Å². The third-order valence-electron chi connectivity index (χ3n) is 4.51. The summed E-state index contributed by atoms with van der Waals surface area (Å²) in [6.45, 7) is 4.56. The maximum absolute atomic E-state index is 12.5. The van der Waals surface area contributed by atoms with Gasteiger partial charge in [0.25, 0.3) is 5.91 Å². The molecule has 1 fully saturated rings. The Kier molecular flexibility index (Phi) is 5.53. The molecular weight excluding hydrogens is 318 g/mol. The van der Waals surface area contributed by atoms with Gasteiger partial charge in [0.2, 0.25) is 0 Å². The van der Waals surface area contributed by atoms with Crippen LogP contribution in [0.15, 0.2) is 41.1 Å². The zero-order valence-electron chi connectivity index (χ0n) is 14.4. The van der Waals surface area contributed by atoms with Gasteiger partial charge in [-0.3, -0.25) is 9.69 Å². The molecule has 0 radical (unpaired) electrons. The van der Waals surface area contributed by atoms with E-state index in [1.807, 2.05) is 21.7 Å². The van der Waals surface area contributed by atoms with Gasteiger partial charge in [-0.1, -0.05) is 18.2 Å². The van der Waals surface area contributed by atoms with Crippen molar-refractivity contribution in [1.82, 2.24) is 9.80 Å². The number of nitrogens with zero attached hydrogens (tertiary/aromatic N) is 3. The Morgan fingerprint density at radius 1 is 1.12 bits per heavy atom. The van der Waals surface area contributed by atoms with Crippen LogP contribution in [0.2, 0.25) is 0 Å². The second-order valence-corrected chi connectivity index (χ2v) is 7.24. The number of amides is 1. The predicted octanol–water partition coefficient (Wildman–Crippen LogP) is 3.16. The van der Waals surface area contributed by atoms with Gasteiger partial charge in [-0.25, -0.2) is 0 Å². The molecule has 1 saturated heterocycles. The number of rotatable bonds is 4. The minimum atomic E-state index is 0.173. The Labute approximate surface area is 148 Å². The molecule has 1 aliphatic heterocycles. The summed E-state index contributed by atoms with van der Waals surface area (Å²) in [6, 6.07) is 10.5. The minimum Gasteiger partial charge on any atom is -0.377 e. The first-order chi connectivity index (χ1) is 11.6. The summed E-state index contributed by atoms with van der Waals surface area (Å²) >= 11 is 1.58. The highest BCUT2D eigenvalue weighted by Gasteiger charge is 2.21. The molecule has 3 rings (SSSR count). The van der Waals surface area contributed by atoms with E-state index in [0.717, 1.165) is 44.7 Å². The third-order valence-corrected chi connectivity index (χ3v) is 5.19. The van der Waals surface area contributed by atoms with Crippen molar-refractivity contribution in [2.45, 2.75) is 13.0 Å². The van der Waals surface area contributed by atoms with E-state index in [-0.39, 0.29) is 5.91 Å². The smallest absolute Gasteiger partial charge is 0.254 e. The van der Waals surface area contributed by atoms with Crippen LogP contribution in [0.25, 0.3) is 0 Å². The Morgan fingerprint density at radius 3 is 2.71 bits per heavy atom. The van der Waals surface area contributed by atoms with Gasteiger partial charge in [0, 0.05) is 57.9 Å². The molecule has 2 aromatic rings. The van der Waals surface area contributed by atoms with Gasteiger partial charge in [-0.2, -0.15) is 11.3 Å². The SMILES string of the molecule is CN(C)c1ccccc1CN1CCCN(C(=O)c2ccsc2)CC1. The highest BCUT2D eigenvalue weighted by atomic mass is 32.1. The summed E-state index contributed by atoms with van der Waals surface area (Å²) in [5.41, 5.74) is 3.44. The molecule has 1 amide bonds. The molecular formula is C19H25N3OS. The molecule has 0 unspecified atom stereocenters. The number of carbonyl (C=O) groups excluding carboxylic acids is 1. The Morgan fingerprint density at radius 2 is 1.96 bits per heavy atom. The number of anilines is 1. The van der Waals surface area contributed by atoms with Crippen molar-refractivity contribution in [1.29, 1.82) is 0 Å². The molecule has 0 saturated carbocycles. The van der Waals surface area contributed by atoms with Crippen LogP contribution in [0.4, 0.5) is 5.69 Å². The summed E-state index contributed by atoms with van der Waals surface area (Å²) in [5.74, 6) is 0.173. The van der Waals surface area contributed by atoms with Crippen LogP contribution >= 0.6 is 11.3 Å². The number of hydrogen-bond acceptors (Lipinski definition) is 4. The predicted molar refractivity (Wildman–Crippen MR) is 101 cm³/mol. The lowest BCUT2D eigenvalue weighted by atomic mass is 10.1. The quantitative estimate of drug-likeness (QED) is 0.853. The van der Waals surface area contributed by atoms with Crippen LogP contribution in [-0.2, 0) is 6.54 Å². The zero-order valence-corrected chi connectivity index (χ0v) is 15.3. The van der Waals surface area contributed by atoms with Gasteiger partial charge in [-0.05, 0) is 29.5 Å². The van der Waals surface area contributed by atoms with Crippen LogP contribution in [0, 0.1) is 0 Å². The van der Waals surface area contributed by atoms with Gasteiger partial charge < -0.3 is 9.80 Å². The first-order valence-corrected chi connectivity index (χ1v) is 9.38. The van der Waals surface area contributed by atoms with E-state index in [9.17, 15) is 4.79 Å². The average Bonchev–Trinajstić information content (AvgIpc) is 3.02. The largest absolute Gasteiger partial charge is 0.377 e. The zero-order chi connectivity index (χ0) is 16.9. The number of hydrogen-bond donors (Lipinski definition) is 0. The van der Waals surface area contributed by atoms with Crippen molar-refractivity contribution in [2.75, 3.05) is 45.2 Å². The third kappa shape index (κ3) is 3.97. The summed E-state index contributed by atoms with van der Waals surface area (Å²) in [4.78, 5) is 19.2. The van der Waals surface area contributed by atoms with Crippen molar-refractivity contribution < 1.29 is 4.79 Å². The second kappa shape index (κ2) is 7.81. The molecule has 5 heteroatoms. The lowest BCUT2D eigenvalue weighted by molar-refractivity contribution is 0.0761. The summed E-state index contributed by atoms with van der Waals surface area (Å²) < 4.78 is 0. The number of benzene rings is 1. The normalized spacial score (nSPS) is 16.0. The van der Waals surface area contributed by atoms with E-state index in [2.05, 4.69) is 48.2 Å². The summed E-state index contributed by atoms with van der Waals surface area (Å²) in [6.07, 6.45) is 1.03. The molecule has 24 heavy (non-hydrogen) atoms. The van der Waals surface area contributed by atoms with E-state index < -0.39 is 0 Å². The standard InChI is InChI=1S/C19H25N3OS/c1-20(2)18-7-4-3-6-16(18)14-21-9-5-10-22(12-11-21)19(23)17-8-13-24-15-17/h3-4,6-8,13,15H,5,9-12,14H2,1-2H3. The van der Waals surface area contributed by atoms with Crippen molar-refractivity contribution >= 4 is 22.9 Å². The van der Waals surface area contributed by atoms with Crippen LogP contribution in [0.1, 0.15) is 22.3 Å². The highest BCUT2D eigenvalue weighted by molar-refractivity contribution is 7.08. The fourth-order valence-electron chi connectivity index (χ4n) is 3.22. The van der Waals surface area contributed by atoms with Crippen LogP contribution in [0.5, 0.6) is 0 Å². The molecule has 0 atom stereocenters. The average molecular weight is 343 g/mol. The van der Waals surface area contributed by atoms with Gasteiger partial charge >= 0.3 is 0 Å². The summed E-state index contributed by atoms with van der Waals surface area (Å²) in [7, 11) is 4.17. The fourth-order valence-corrected chi connectivity index (χ4v) is 3.85. The van der Waals surface area contributed by atoms with Crippen LogP contribution in [-0.4, -0.2) is 56.0 Å². The molecule has 0 N–H and O–H groups in total. The number of para-hydroxylation sites is 1. The molecule has 0 aliphatic carbocycles. The fraction of sp³-hybridized carbons (Fsp3) is 0.421. The van der Waals surface area contributed by atoms with E-state index in [0.29, 0.717) is 0 Å². The van der Waals surface area contributed by atoms with Gasteiger partial charge in [0.1, 0.15) is 0 Å². The number of thiophene rings is 1. The lowest BCUT2D eigenvalue weighted by Gasteiger charge is -2.24. The van der Waals surface area contributed by atoms with Gasteiger partial charge in [-0.15, -0.1) is 0 Å². The first kappa shape index (κ1) is 17.0. The van der Waals surface area contributed by atoms with Crippen molar-refractivity contribution in [3.8, 4) is 0 Å². The van der Waals surface area contributed by atoms with E-state index in [1.165, 1.54) is 11.3 Å². The van der Waals surface area contributed by atoms with Crippen molar-refractivity contribution in [3.63, 3.8) is 0 Å². The maximum atomic E-state index is 12.5. The van der Waals surface area contributed by atoms with Gasteiger partial charge in [0.05, 0.1) is 5.56 Å². The Bertz CT molecular complexity index is 669. The molecule has 0 spiro atoms. The molecule has 2 heterocycles. The monoisotopic (exact) mass is 343 g/mol. The van der Waals surface area contributed by atoms with E-state index >= 15 is 0 Å². The van der Waals surface area contributed by atoms with Crippen LogP contribution in [0.3, 0.4) is 0 Å². The summed E-state index contributed by atoms with van der Waals surface area (Å²) in [5, 5.41) is 3.91. The first-order valence-electron chi connectivity index (χ1n) is 8.44. The highest BCUT2D eigenvalue weighted by Crippen LogP contribution is 2.21. The van der Waals surface area contributed by atoms with Crippen molar-refractivity contribution in [3.05, 3.63) is 52.2 Å². The topological polar surface area (TPSA) is 26.8 Å². The molecule has 128 valence electrons. The number of carbonyl (C=O) groups is 1. The molecule has 0 bridgehead atoms. The van der Waals surface area contributed by atoms with Crippen molar-refractivity contribution in [2.24, 2.45) is 0 Å². The van der Waals surface area contributed by atoms with Gasteiger partial charge in [0.15, 0.2) is 0 Å².